The molecule has 0 amide bonds. The number of rotatable bonds is 7. The number of benzene rings is 1. The van der Waals surface area contributed by atoms with Crippen LogP contribution < -0.4 is 5.73 Å². The molecule has 2 N–H and O–H groups in total. The topological polar surface area (TPSA) is 109 Å². The van der Waals surface area contributed by atoms with E-state index in [0.29, 0.717) is 26.9 Å². The Labute approximate surface area is 216 Å². The molecule has 34 heavy (non-hydrogen) atoms. The first-order valence-electron chi connectivity index (χ1n) is 10.7. The summed E-state index contributed by atoms with van der Waals surface area (Å²) in [5.41, 5.74) is 9.61. The van der Waals surface area contributed by atoms with E-state index < -0.39 is 0 Å². The zero-order valence-electron chi connectivity index (χ0n) is 18.5. The number of thiazole rings is 1. The zero-order valence-corrected chi connectivity index (χ0v) is 21.7. The molecule has 1 fully saturated rings. The van der Waals surface area contributed by atoms with Crippen LogP contribution in [0.1, 0.15) is 54.0 Å². The van der Waals surface area contributed by atoms with Crippen molar-refractivity contribution < 1.29 is 4.18 Å². The molecule has 1 aromatic carbocycles. The lowest BCUT2D eigenvalue weighted by Gasteiger charge is -2.29. The summed E-state index contributed by atoms with van der Waals surface area (Å²) >= 11 is 10.4. The number of halogens is 1. The molecule has 1 saturated carbocycles. The number of pyridine rings is 1. The van der Waals surface area contributed by atoms with E-state index in [1.54, 1.807) is 11.3 Å². The Hall–Kier alpha value is -2.27. The van der Waals surface area contributed by atoms with E-state index in [1.807, 2.05) is 35.9 Å². The van der Waals surface area contributed by atoms with Gasteiger partial charge in [-0.3, -0.25) is 0 Å². The van der Waals surface area contributed by atoms with Crippen molar-refractivity contribution in [3.63, 3.8) is 0 Å². The summed E-state index contributed by atoms with van der Waals surface area (Å²) in [4.78, 5) is 9.15. The van der Waals surface area contributed by atoms with Crippen LogP contribution in [0.3, 0.4) is 0 Å². The van der Waals surface area contributed by atoms with Gasteiger partial charge in [-0.05, 0) is 61.3 Å². The molecule has 1 aliphatic carbocycles. The molecule has 2 heterocycles. The summed E-state index contributed by atoms with van der Waals surface area (Å²) in [6, 6.07) is 12.1. The highest BCUT2D eigenvalue weighted by Gasteiger charge is 2.30. The maximum absolute atomic E-state index is 10.0. The van der Waals surface area contributed by atoms with Crippen LogP contribution in [0.4, 0.5) is 5.82 Å². The van der Waals surface area contributed by atoms with Crippen molar-refractivity contribution in [3.8, 4) is 22.7 Å². The van der Waals surface area contributed by atoms with Crippen molar-refractivity contribution in [1.29, 1.82) is 10.5 Å². The van der Waals surface area contributed by atoms with E-state index in [2.05, 4.69) is 17.1 Å². The van der Waals surface area contributed by atoms with E-state index in [1.165, 1.54) is 23.8 Å². The van der Waals surface area contributed by atoms with Gasteiger partial charge in [0.25, 0.3) is 0 Å². The Morgan fingerprint density at radius 1 is 1.12 bits per heavy atom. The van der Waals surface area contributed by atoms with Gasteiger partial charge in [0.05, 0.1) is 22.9 Å². The SMILES string of the molecule is CSOC1CCC(c2c(C#N)c(N)nc(SCc3csc(-c4ccc(Cl)cc4)n3)c2C#N)CC1. The summed E-state index contributed by atoms with van der Waals surface area (Å²) < 4.78 is 5.69. The third-order valence-corrected chi connectivity index (χ3v) is 8.43. The van der Waals surface area contributed by atoms with Crippen molar-refractivity contribution in [2.75, 3.05) is 12.0 Å². The minimum Gasteiger partial charge on any atom is -0.383 e. The van der Waals surface area contributed by atoms with Crippen LogP contribution in [-0.4, -0.2) is 22.3 Å². The lowest BCUT2D eigenvalue weighted by Crippen LogP contribution is -2.20. The number of thioether (sulfide) groups is 1. The molecule has 10 heteroatoms. The maximum atomic E-state index is 10.0. The third-order valence-electron chi connectivity index (χ3n) is 5.77. The quantitative estimate of drug-likeness (QED) is 0.264. The standard InChI is InChI=1S/C24H22ClN5OS3/c1-32-31-18-8-4-14(5-9-18)21-19(10-26)22(28)30-24(20(21)11-27)34-13-17-12-33-23(29-17)15-2-6-16(25)7-3-15/h2-3,6-7,12,14,18H,4-5,8-9,13H2,1H3,(H2,28,30). The Bertz CT molecular complexity index is 1240. The smallest absolute Gasteiger partial charge is 0.143 e. The second-order valence-corrected chi connectivity index (χ2v) is 10.6. The van der Waals surface area contributed by atoms with Crippen molar-refractivity contribution in [2.24, 2.45) is 0 Å². The Balaban J connectivity index is 1.56. The Morgan fingerprint density at radius 2 is 1.82 bits per heavy atom. The van der Waals surface area contributed by atoms with Crippen LogP contribution in [0.2, 0.25) is 5.02 Å². The molecule has 0 radical (unpaired) electrons. The minimum atomic E-state index is 0.0893. The average Bonchev–Trinajstić information content (AvgIpc) is 3.32. The van der Waals surface area contributed by atoms with Crippen LogP contribution in [0.15, 0.2) is 34.7 Å². The fourth-order valence-electron chi connectivity index (χ4n) is 4.16. The monoisotopic (exact) mass is 527 g/mol. The van der Waals surface area contributed by atoms with Crippen LogP contribution in [0.5, 0.6) is 0 Å². The van der Waals surface area contributed by atoms with E-state index in [9.17, 15) is 10.5 Å². The zero-order chi connectivity index (χ0) is 24.1. The van der Waals surface area contributed by atoms with Gasteiger partial charge in [0.2, 0.25) is 0 Å². The Morgan fingerprint density at radius 3 is 2.47 bits per heavy atom. The van der Waals surface area contributed by atoms with Gasteiger partial charge in [0.15, 0.2) is 0 Å². The summed E-state index contributed by atoms with van der Waals surface area (Å²) in [5, 5.41) is 24.0. The molecule has 1 aliphatic rings. The van der Waals surface area contributed by atoms with Gasteiger partial charge in [0, 0.05) is 28.0 Å². The largest absolute Gasteiger partial charge is 0.383 e. The van der Waals surface area contributed by atoms with Gasteiger partial charge in [-0.1, -0.05) is 35.5 Å². The van der Waals surface area contributed by atoms with E-state index in [4.69, 9.17) is 26.5 Å². The number of hydrogen-bond donors (Lipinski definition) is 1. The number of hydrogen-bond acceptors (Lipinski definition) is 9. The number of nitrogens with zero attached hydrogens (tertiary/aromatic N) is 4. The molecule has 0 bridgehead atoms. The second-order valence-electron chi connectivity index (χ2n) is 7.87. The van der Waals surface area contributed by atoms with Gasteiger partial charge >= 0.3 is 0 Å². The van der Waals surface area contributed by atoms with Crippen LogP contribution in [-0.2, 0) is 9.94 Å². The van der Waals surface area contributed by atoms with Crippen molar-refractivity contribution in [2.45, 2.75) is 48.5 Å². The number of nitrogen functional groups attached to an aromatic ring is 1. The first-order chi connectivity index (χ1) is 16.5. The average molecular weight is 528 g/mol. The fourth-order valence-corrected chi connectivity index (χ4v) is 6.58. The second kappa shape index (κ2) is 11.4. The summed E-state index contributed by atoms with van der Waals surface area (Å²) in [6.45, 7) is 0. The van der Waals surface area contributed by atoms with E-state index in [-0.39, 0.29) is 17.8 Å². The first kappa shape index (κ1) is 24.8. The molecule has 174 valence electrons. The molecule has 0 unspecified atom stereocenters. The van der Waals surface area contributed by atoms with Crippen LogP contribution in [0.25, 0.3) is 10.6 Å². The van der Waals surface area contributed by atoms with Gasteiger partial charge in [-0.15, -0.1) is 11.3 Å². The third kappa shape index (κ3) is 5.51. The number of aromatic nitrogens is 2. The predicted octanol–water partition coefficient (Wildman–Crippen LogP) is 6.80. The van der Waals surface area contributed by atoms with Crippen molar-refractivity contribution >= 4 is 52.6 Å². The van der Waals surface area contributed by atoms with Gasteiger partial charge in [0.1, 0.15) is 28.0 Å². The highest BCUT2D eigenvalue weighted by molar-refractivity contribution is 7.98. The lowest BCUT2D eigenvalue weighted by atomic mass is 9.79. The van der Waals surface area contributed by atoms with Gasteiger partial charge < -0.3 is 9.92 Å². The molecule has 0 atom stereocenters. The number of nitrogens with two attached hydrogens (primary N) is 1. The molecular formula is C24H22ClN5OS3. The first-order valence-corrected chi connectivity index (χ1v) is 14.1. The Kier molecular flexibility index (Phi) is 8.36. The van der Waals surface area contributed by atoms with E-state index >= 15 is 0 Å². The molecule has 4 rings (SSSR count). The minimum absolute atomic E-state index is 0.0893. The highest BCUT2D eigenvalue weighted by atomic mass is 35.5. The molecule has 0 aliphatic heterocycles. The molecule has 0 spiro atoms. The van der Waals surface area contributed by atoms with Gasteiger partial charge in [-0.25, -0.2) is 9.97 Å². The molecule has 2 aromatic heterocycles. The van der Waals surface area contributed by atoms with Crippen molar-refractivity contribution in [3.05, 3.63) is 57.1 Å². The normalized spacial score (nSPS) is 17.8. The molecule has 6 nitrogen and oxygen atoms in total. The number of anilines is 1. The number of nitriles is 2. The molecule has 0 saturated heterocycles. The maximum Gasteiger partial charge on any atom is 0.143 e. The lowest BCUT2D eigenvalue weighted by molar-refractivity contribution is 0.175. The van der Waals surface area contributed by atoms with Crippen molar-refractivity contribution in [1.82, 2.24) is 9.97 Å². The van der Waals surface area contributed by atoms with Crippen LogP contribution in [0, 0.1) is 22.7 Å². The molecule has 3 aromatic rings. The summed E-state index contributed by atoms with van der Waals surface area (Å²) in [7, 11) is 0. The summed E-state index contributed by atoms with van der Waals surface area (Å²) in [6.07, 6.45) is 5.59. The van der Waals surface area contributed by atoms with Crippen LogP contribution >= 0.6 is 46.7 Å². The van der Waals surface area contributed by atoms with E-state index in [0.717, 1.165) is 47.5 Å². The predicted molar refractivity (Wildman–Crippen MR) is 140 cm³/mol. The highest BCUT2D eigenvalue weighted by Crippen LogP contribution is 2.41. The fraction of sp³-hybridized carbons (Fsp3) is 0.333. The van der Waals surface area contributed by atoms with Gasteiger partial charge in [-0.2, -0.15) is 10.5 Å². The summed E-state index contributed by atoms with van der Waals surface area (Å²) in [5.74, 6) is 0.818. The molecular weight excluding hydrogens is 506 g/mol.